The van der Waals surface area contributed by atoms with E-state index in [2.05, 4.69) is 59.1 Å². The summed E-state index contributed by atoms with van der Waals surface area (Å²) in [6.45, 7) is 16.1. The van der Waals surface area contributed by atoms with Crippen molar-refractivity contribution in [2.45, 2.75) is 72.3 Å². The highest BCUT2D eigenvalue weighted by atomic mass is 15.1. The monoisotopic (exact) mass is 290 g/mol. The van der Waals surface area contributed by atoms with Crippen molar-refractivity contribution >= 4 is 11.6 Å². The Morgan fingerprint density at radius 1 is 1.05 bits per heavy atom. The van der Waals surface area contributed by atoms with Gasteiger partial charge in [0.2, 0.25) is 0 Å². The molecule has 0 atom stereocenters. The van der Waals surface area contributed by atoms with Gasteiger partial charge in [-0.2, -0.15) is 0 Å². The van der Waals surface area contributed by atoms with E-state index in [0.717, 1.165) is 35.5 Å². The zero-order chi connectivity index (χ0) is 15.8. The van der Waals surface area contributed by atoms with Gasteiger partial charge in [-0.15, -0.1) is 0 Å². The van der Waals surface area contributed by atoms with Crippen molar-refractivity contribution < 1.29 is 0 Å². The van der Waals surface area contributed by atoms with Gasteiger partial charge < -0.3 is 10.6 Å². The van der Waals surface area contributed by atoms with E-state index in [9.17, 15) is 0 Å². The molecule has 1 aromatic rings. The lowest BCUT2D eigenvalue weighted by atomic mass is 9.95. The van der Waals surface area contributed by atoms with Crippen LogP contribution in [-0.2, 0) is 5.41 Å². The minimum absolute atomic E-state index is 0.0575. The van der Waals surface area contributed by atoms with Crippen LogP contribution in [0.1, 0.15) is 65.8 Å². The number of nitrogens with zero attached hydrogens (tertiary/aromatic N) is 2. The van der Waals surface area contributed by atoms with Crippen molar-refractivity contribution in [3.8, 4) is 0 Å². The summed E-state index contributed by atoms with van der Waals surface area (Å²) in [6.07, 6.45) is 2.63. The molecule has 1 fully saturated rings. The first-order valence-corrected chi connectivity index (χ1v) is 8.06. The number of anilines is 2. The fraction of sp³-hybridized carbons (Fsp3) is 0.765. The van der Waals surface area contributed by atoms with E-state index in [1.165, 1.54) is 12.8 Å². The minimum Gasteiger partial charge on any atom is -0.370 e. The standard InChI is InChI=1S/C17H30N4/c1-8-18-13-11(2)14(20-15(19-13)16(3,4)5)21-17(6,7)12-9-10-12/h12H,8-10H2,1-7H3,(H2,18,19,20,21). The van der Waals surface area contributed by atoms with Crippen LogP contribution in [0.15, 0.2) is 0 Å². The average molecular weight is 290 g/mol. The zero-order valence-electron chi connectivity index (χ0n) is 14.6. The van der Waals surface area contributed by atoms with Crippen LogP contribution in [-0.4, -0.2) is 22.1 Å². The molecule has 0 amide bonds. The summed E-state index contributed by atoms with van der Waals surface area (Å²) in [7, 11) is 0. The summed E-state index contributed by atoms with van der Waals surface area (Å²) in [5, 5.41) is 7.04. The maximum absolute atomic E-state index is 4.82. The average Bonchev–Trinajstić information content (AvgIpc) is 3.17. The smallest absolute Gasteiger partial charge is 0.138 e. The molecule has 1 aliphatic rings. The molecule has 0 spiro atoms. The van der Waals surface area contributed by atoms with Crippen LogP contribution in [0.3, 0.4) is 0 Å². The molecule has 2 N–H and O–H groups in total. The topological polar surface area (TPSA) is 49.8 Å². The highest BCUT2D eigenvalue weighted by Crippen LogP contribution is 2.41. The molecule has 1 aliphatic carbocycles. The van der Waals surface area contributed by atoms with Crippen LogP contribution < -0.4 is 10.6 Å². The number of nitrogens with one attached hydrogen (secondary N) is 2. The van der Waals surface area contributed by atoms with Crippen molar-refractivity contribution in [3.63, 3.8) is 0 Å². The first kappa shape index (κ1) is 16.1. The third kappa shape index (κ3) is 3.66. The van der Waals surface area contributed by atoms with Gasteiger partial charge >= 0.3 is 0 Å². The number of rotatable bonds is 5. The summed E-state index contributed by atoms with van der Waals surface area (Å²) in [5.74, 6) is 3.57. The van der Waals surface area contributed by atoms with Gasteiger partial charge in [-0.3, -0.25) is 0 Å². The van der Waals surface area contributed by atoms with Gasteiger partial charge in [0.1, 0.15) is 17.5 Å². The molecule has 1 saturated carbocycles. The van der Waals surface area contributed by atoms with Gasteiger partial charge in [0.05, 0.1) is 0 Å². The number of aromatic nitrogens is 2. The van der Waals surface area contributed by atoms with Crippen molar-refractivity contribution in [2.75, 3.05) is 17.2 Å². The van der Waals surface area contributed by atoms with Crippen molar-refractivity contribution in [1.82, 2.24) is 9.97 Å². The van der Waals surface area contributed by atoms with E-state index in [1.807, 2.05) is 0 Å². The molecule has 2 rings (SSSR count). The maximum atomic E-state index is 4.82. The van der Waals surface area contributed by atoms with E-state index in [-0.39, 0.29) is 11.0 Å². The summed E-state index contributed by atoms with van der Waals surface area (Å²) in [5.41, 5.74) is 1.15. The van der Waals surface area contributed by atoms with E-state index in [0.29, 0.717) is 0 Å². The molecular weight excluding hydrogens is 260 g/mol. The summed E-state index contributed by atoms with van der Waals surface area (Å²) >= 11 is 0. The Kier molecular flexibility index (Phi) is 4.18. The van der Waals surface area contributed by atoms with Crippen molar-refractivity contribution in [3.05, 3.63) is 11.4 Å². The van der Waals surface area contributed by atoms with Gasteiger partial charge in [0.15, 0.2) is 0 Å². The summed E-state index contributed by atoms with van der Waals surface area (Å²) in [6, 6.07) is 0. The van der Waals surface area contributed by atoms with Crippen molar-refractivity contribution in [2.24, 2.45) is 5.92 Å². The zero-order valence-corrected chi connectivity index (χ0v) is 14.6. The molecule has 1 aromatic heterocycles. The van der Waals surface area contributed by atoms with E-state index in [4.69, 9.17) is 9.97 Å². The third-order valence-corrected chi connectivity index (χ3v) is 4.20. The second kappa shape index (κ2) is 5.47. The molecule has 0 aromatic carbocycles. The molecule has 0 aliphatic heterocycles. The Balaban J connectivity index is 2.40. The predicted octanol–water partition coefficient (Wildman–Crippen LogP) is 4.11. The number of hydrogen-bond donors (Lipinski definition) is 2. The molecular formula is C17H30N4. The lowest BCUT2D eigenvalue weighted by Crippen LogP contribution is -2.34. The predicted molar refractivity (Wildman–Crippen MR) is 90.1 cm³/mol. The fourth-order valence-electron chi connectivity index (χ4n) is 2.53. The maximum Gasteiger partial charge on any atom is 0.138 e. The van der Waals surface area contributed by atoms with E-state index < -0.39 is 0 Å². The number of hydrogen-bond acceptors (Lipinski definition) is 4. The normalized spacial score (nSPS) is 16.0. The van der Waals surface area contributed by atoms with Crippen LogP contribution in [0.2, 0.25) is 0 Å². The Bertz CT molecular complexity index is 510. The lowest BCUT2D eigenvalue weighted by Gasteiger charge is -2.29. The third-order valence-electron chi connectivity index (χ3n) is 4.20. The van der Waals surface area contributed by atoms with E-state index >= 15 is 0 Å². The van der Waals surface area contributed by atoms with Crippen LogP contribution in [0.5, 0.6) is 0 Å². The van der Waals surface area contributed by atoms with Crippen LogP contribution in [0, 0.1) is 12.8 Å². The Hall–Kier alpha value is -1.32. The van der Waals surface area contributed by atoms with E-state index in [1.54, 1.807) is 0 Å². The SMILES string of the molecule is CCNc1nc(C(C)(C)C)nc(NC(C)(C)C2CC2)c1C. The van der Waals surface area contributed by atoms with Gasteiger partial charge in [-0.05, 0) is 46.5 Å². The largest absolute Gasteiger partial charge is 0.370 e. The molecule has 4 heteroatoms. The minimum atomic E-state index is -0.0575. The Labute approximate surface area is 129 Å². The summed E-state index contributed by atoms with van der Waals surface area (Å²) < 4.78 is 0. The molecule has 118 valence electrons. The quantitative estimate of drug-likeness (QED) is 0.856. The molecule has 0 bridgehead atoms. The van der Waals surface area contributed by atoms with Gasteiger partial charge in [0.25, 0.3) is 0 Å². The highest BCUT2D eigenvalue weighted by molar-refractivity contribution is 5.58. The first-order chi connectivity index (χ1) is 9.65. The highest BCUT2D eigenvalue weighted by Gasteiger charge is 2.38. The molecule has 0 unspecified atom stereocenters. The Morgan fingerprint density at radius 2 is 1.62 bits per heavy atom. The van der Waals surface area contributed by atoms with Crippen molar-refractivity contribution in [1.29, 1.82) is 0 Å². The fourth-order valence-corrected chi connectivity index (χ4v) is 2.53. The molecule has 0 radical (unpaired) electrons. The molecule has 4 nitrogen and oxygen atoms in total. The van der Waals surface area contributed by atoms with Crippen LogP contribution in [0.4, 0.5) is 11.6 Å². The molecule has 21 heavy (non-hydrogen) atoms. The molecule has 0 saturated heterocycles. The van der Waals surface area contributed by atoms with Crippen LogP contribution >= 0.6 is 0 Å². The van der Waals surface area contributed by atoms with Gasteiger partial charge in [-0.25, -0.2) is 9.97 Å². The summed E-state index contributed by atoms with van der Waals surface area (Å²) in [4.78, 5) is 9.54. The first-order valence-electron chi connectivity index (χ1n) is 8.06. The van der Waals surface area contributed by atoms with Gasteiger partial charge in [-0.1, -0.05) is 20.8 Å². The Morgan fingerprint density at radius 3 is 2.10 bits per heavy atom. The second-order valence-electron chi connectivity index (χ2n) is 7.77. The lowest BCUT2D eigenvalue weighted by molar-refractivity contribution is 0.488. The van der Waals surface area contributed by atoms with Crippen LogP contribution in [0.25, 0.3) is 0 Å². The van der Waals surface area contributed by atoms with Gasteiger partial charge in [0, 0.05) is 23.1 Å². The molecule has 1 heterocycles. The second-order valence-corrected chi connectivity index (χ2v) is 7.77.